The highest BCUT2D eigenvalue weighted by Crippen LogP contribution is 2.25. The lowest BCUT2D eigenvalue weighted by Crippen LogP contribution is -2.16. The maximum atomic E-state index is 12.1. The molecule has 0 bridgehead atoms. The van der Waals surface area contributed by atoms with E-state index < -0.39 is 0 Å². The maximum absolute atomic E-state index is 12.1. The predicted molar refractivity (Wildman–Crippen MR) is 87.0 cm³/mol. The number of rotatable bonds is 5. The Labute approximate surface area is 136 Å². The Morgan fingerprint density at radius 3 is 3.00 bits per heavy atom. The van der Waals surface area contributed by atoms with Gasteiger partial charge in [-0.3, -0.25) is 9.78 Å². The summed E-state index contributed by atoms with van der Waals surface area (Å²) in [5.41, 5.74) is 1.81. The number of carbonyl (C=O) groups excluding carboxylic acids is 1. The maximum Gasteiger partial charge on any atom is 0.230 e. The lowest BCUT2D eigenvalue weighted by molar-refractivity contribution is -0.115. The van der Waals surface area contributed by atoms with Gasteiger partial charge in [0.1, 0.15) is 5.76 Å². The number of thiazole rings is 1. The van der Waals surface area contributed by atoms with Crippen LogP contribution in [0.3, 0.4) is 0 Å². The summed E-state index contributed by atoms with van der Waals surface area (Å²) in [6, 6.07) is 5.40. The monoisotopic (exact) mass is 329 g/mol. The van der Waals surface area contributed by atoms with E-state index in [1.807, 2.05) is 24.4 Å². The van der Waals surface area contributed by atoms with Gasteiger partial charge >= 0.3 is 0 Å². The number of aliphatic hydroxyl groups is 1. The molecule has 2 N–H and O–H groups in total. The number of hydrogen-bond donors (Lipinski definition) is 2. The van der Waals surface area contributed by atoms with Gasteiger partial charge in [-0.1, -0.05) is 0 Å². The second kappa shape index (κ2) is 6.72. The van der Waals surface area contributed by atoms with Gasteiger partial charge in [0, 0.05) is 17.1 Å². The van der Waals surface area contributed by atoms with Crippen LogP contribution >= 0.6 is 11.3 Å². The summed E-state index contributed by atoms with van der Waals surface area (Å²) in [4.78, 5) is 20.5. The SMILES string of the molecule is Cc1ccc(-c2nc(CC(=O)Nc3cnccc3CO)cs2)o1. The molecular weight excluding hydrogens is 314 g/mol. The third kappa shape index (κ3) is 3.64. The molecule has 0 aliphatic heterocycles. The van der Waals surface area contributed by atoms with E-state index in [-0.39, 0.29) is 18.9 Å². The summed E-state index contributed by atoms with van der Waals surface area (Å²) in [6.45, 7) is 1.72. The topological polar surface area (TPSA) is 88.2 Å². The fraction of sp³-hybridized carbons (Fsp3) is 0.188. The van der Waals surface area contributed by atoms with Gasteiger partial charge in [-0.15, -0.1) is 11.3 Å². The molecule has 1 amide bonds. The van der Waals surface area contributed by atoms with Crippen LogP contribution in [0, 0.1) is 6.92 Å². The van der Waals surface area contributed by atoms with Crippen LogP contribution in [0.1, 0.15) is 17.0 Å². The van der Waals surface area contributed by atoms with Crippen LogP contribution in [-0.2, 0) is 17.8 Å². The first kappa shape index (κ1) is 15.4. The van der Waals surface area contributed by atoms with Crippen molar-refractivity contribution in [2.45, 2.75) is 20.0 Å². The van der Waals surface area contributed by atoms with Gasteiger partial charge in [0.15, 0.2) is 10.8 Å². The molecule has 3 rings (SSSR count). The molecule has 0 radical (unpaired) electrons. The minimum atomic E-state index is -0.208. The third-order valence-electron chi connectivity index (χ3n) is 3.20. The number of furan rings is 1. The van der Waals surface area contributed by atoms with Crippen molar-refractivity contribution in [2.24, 2.45) is 0 Å². The summed E-state index contributed by atoms with van der Waals surface area (Å²) in [7, 11) is 0. The van der Waals surface area contributed by atoms with Gasteiger partial charge in [-0.2, -0.15) is 0 Å². The van der Waals surface area contributed by atoms with Crippen molar-refractivity contribution in [1.29, 1.82) is 0 Å². The summed E-state index contributed by atoms with van der Waals surface area (Å²) in [6.07, 6.45) is 3.23. The number of nitrogens with one attached hydrogen (secondary N) is 1. The molecule has 0 spiro atoms. The van der Waals surface area contributed by atoms with Crippen molar-refractivity contribution in [3.05, 3.63) is 53.0 Å². The minimum Gasteiger partial charge on any atom is -0.459 e. The first-order valence-corrected chi connectivity index (χ1v) is 7.88. The molecule has 0 unspecified atom stereocenters. The van der Waals surface area contributed by atoms with Crippen LogP contribution in [0.4, 0.5) is 5.69 Å². The van der Waals surface area contributed by atoms with Crippen LogP contribution in [0.2, 0.25) is 0 Å². The zero-order chi connectivity index (χ0) is 16.2. The molecule has 0 saturated heterocycles. The number of anilines is 1. The summed E-state index contributed by atoms with van der Waals surface area (Å²) < 4.78 is 5.53. The van der Waals surface area contributed by atoms with E-state index in [4.69, 9.17) is 4.42 Å². The summed E-state index contributed by atoms with van der Waals surface area (Å²) in [5.74, 6) is 1.32. The fourth-order valence-electron chi connectivity index (χ4n) is 2.08. The van der Waals surface area contributed by atoms with Gasteiger partial charge in [-0.05, 0) is 25.1 Å². The van der Waals surface area contributed by atoms with Crippen molar-refractivity contribution >= 4 is 22.9 Å². The van der Waals surface area contributed by atoms with Crippen molar-refractivity contribution in [3.63, 3.8) is 0 Å². The molecule has 0 fully saturated rings. The number of nitrogens with zero attached hydrogens (tertiary/aromatic N) is 2. The zero-order valence-corrected chi connectivity index (χ0v) is 13.3. The van der Waals surface area contributed by atoms with Crippen LogP contribution in [0.25, 0.3) is 10.8 Å². The molecule has 3 aromatic heterocycles. The van der Waals surface area contributed by atoms with Crippen LogP contribution < -0.4 is 5.32 Å². The Hall–Kier alpha value is -2.51. The average molecular weight is 329 g/mol. The molecule has 7 heteroatoms. The molecule has 3 heterocycles. The van der Waals surface area contributed by atoms with E-state index in [0.29, 0.717) is 22.7 Å². The van der Waals surface area contributed by atoms with Crippen molar-refractivity contribution < 1.29 is 14.3 Å². The van der Waals surface area contributed by atoms with E-state index in [2.05, 4.69) is 15.3 Å². The molecule has 0 atom stereocenters. The highest BCUT2D eigenvalue weighted by Gasteiger charge is 2.12. The molecule has 3 aromatic rings. The van der Waals surface area contributed by atoms with Crippen LogP contribution in [0.15, 0.2) is 40.4 Å². The molecular formula is C16H15N3O3S. The first-order valence-electron chi connectivity index (χ1n) is 7.00. The molecule has 6 nitrogen and oxygen atoms in total. The number of aryl methyl sites for hydroxylation is 1. The van der Waals surface area contributed by atoms with E-state index in [0.717, 1.165) is 10.8 Å². The Morgan fingerprint density at radius 2 is 2.26 bits per heavy atom. The minimum absolute atomic E-state index is 0.149. The fourth-order valence-corrected chi connectivity index (χ4v) is 2.86. The molecule has 118 valence electrons. The standard InChI is InChI=1S/C16H15N3O3S/c1-10-2-3-14(22-10)16-18-12(9-23-16)6-15(21)19-13-7-17-5-4-11(13)8-20/h2-5,7,9,20H,6,8H2,1H3,(H,19,21). The third-order valence-corrected chi connectivity index (χ3v) is 4.11. The number of hydrogen-bond acceptors (Lipinski definition) is 6. The summed E-state index contributed by atoms with van der Waals surface area (Å²) in [5, 5.41) is 14.6. The number of aliphatic hydroxyl groups excluding tert-OH is 1. The van der Waals surface area contributed by atoms with Gasteiger partial charge in [0.25, 0.3) is 0 Å². The second-order valence-electron chi connectivity index (χ2n) is 4.97. The molecule has 0 aromatic carbocycles. The number of amides is 1. The zero-order valence-electron chi connectivity index (χ0n) is 12.4. The van der Waals surface area contributed by atoms with Gasteiger partial charge < -0.3 is 14.8 Å². The number of aromatic nitrogens is 2. The highest BCUT2D eigenvalue weighted by atomic mass is 32.1. The Balaban J connectivity index is 1.68. The Bertz CT molecular complexity index is 825. The van der Waals surface area contributed by atoms with E-state index in [9.17, 15) is 9.90 Å². The normalized spacial score (nSPS) is 10.7. The van der Waals surface area contributed by atoms with Crippen LogP contribution in [-0.4, -0.2) is 21.0 Å². The van der Waals surface area contributed by atoms with Crippen LogP contribution in [0.5, 0.6) is 0 Å². The number of carbonyl (C=O) groups is 1. The van der Waals surface area contributed by atoms with E-state index in [1.54, 1.807) is 12.3 Å². The van der Waals surface area contributed by atoms with Crippen molar-refractivity contribution in [1.82, 2.24) is 9.97 Å². The Kier molecular flexibility index (Phi) is 4.50. The van der Waals surface area contributed by atoms with Crippen molar-refractivity contribution in [3.8, 4) is 10.8 Å². The molecule has 0 aliphatic carbocycles. The lowest BCUT2D eigenvalue weighted by atomic mass is 10.2. The van der Waals surface area contributed by atoms with Gasteiger partial charge in [0.05, 0.1) is 30.6 Å². The average Bonchev–Trinajstić information content (AvgIpc) is 3.16. The quantitative estimate of drug-likeness (QED) is 0.751. The van der Waals surface area contributed by atoms with Gasteiger partial charge in [-0.25, -0.2) is 4.98 Å². The molecule has 0 aliphatic rings. The summed E-state index contributed by atoms with van der Waals surface area (Å²) >= 11 is 1.43. The molecule has 0 saturated carbocycles. The second-order valence-corrected chi connectivity index (χ2v) is 5.83. The lowest BCUT2D eigenvalue weighted by Gasteiger charge is -2.07. The van der Waals surface area contributed by atoms with E-state index >= 15 is 0 Å². The smallest absolute Gasteiger partial charge is 0.230 e. The first-order chi connectivity index (χ1) is 11.2. The predicted octanol–water partition coefficient (Wildman–Crippen LogP) is 2.78. The van der Waals surface area contributed by atoms with Gasteiger partial charge in [0.2, 0.25) is 5.91 Å². The molecule has 23 heavy (non-hydrogen) atoms. The number of pyridine rings is 1. The largest absolute Gasteiger partial charge is 0.459 e. The van der Waals surface area contributed by atoms with E-state index in [1.165, 1.54) is 17.5 Å². The highest BCUT2D eigenvalue weighted by molar-refractivity contribution is 7.13. The Morgan fingerprint density at radius 1 is 1.39 bits per heavy atom. The van der Waals surface area contributed by atoms with Crippen molar-refractivity contribution in [2.75, 3.05) is 5.32 Å².